The van der Waals surface area contributed by atoms with Crippen molar-refractivity contribution in [3.05, 3.63) is 172 Å². The van der Waals surface area contributed by atoms with E-state index >= 15 is 4.79 Å². The minimum Gasteiger partial charge on any atom is -0.459 e. The maximum Gasteiger partial charge on any atom is 0.254 e. The molecule has 70 heavy (non-hydrogen) atoms. The van der Waals surface area contributed by atoms with Crippen molar-refractivity contribution < 1.29 is 43.5 Å². The van der Waals surface area contributed by atoms with Crippen LogP contribution in [0.15, 0.2) is 139 Å². The number of fused-ring (bicyclic) bond motifs is 3. The summed E-state index contributed by atoms with van der Waals surface area (Å²) >= 11 is 0. The number of carbonyl (C=O) groups excluding carboxylic acids is 1. The van der Waals surface area contributed by atoms with Crippen molar-refractivity contribution in [1.82, 2.24) is 4.90 Å². The lowest BCUT2D eigenvalue weighted by Crippen LogP contribution is -2.70. The number of oxime groups is 1. The molecule has 12 nitrogen and oxygen atoms in total. The van der Waals surface area contributed by atoms with E-state index in [0.29, 0.717) is 52.7 Å². The fraction of sp³-hybridized carbons (Fsp3) is 0.362. The van der Waals surface area contributed by atoms with Crippen molar-refractivity contribution >= 4 is 11.6 Å². The quantitative estimate of drug-likeness (QED) is 0.0438. The Bertz CT molecular complexity index is 2770. The van der Waals surface area contributed by atoms with Crippen molar-refractivity contribution in [3.8, 4) is 34.8 Å². The first-order chi connectivity index (χ1) is 34.2. The Morgan fingerprint density at radius 1 is 0.857 bits per heavy atom. The monoisotopic (exact) mass is 943 g/mol. The molecule has 2 aliphatic carbocycles. The molecule has 0 saturated heterocycles. The van der Waals surface area contributed by atoms with Gasteiger partial charge in [0.2, 0.25) is 12.6 Å². The lowest BCUT2D eigenvalue weighted by molar-refractivity contribution is -0.255. The highest BCUT2D eigenvalue weighted by Gasteiger charge is 2.65. The van der Waals surface area contributed by atoms with Crippen molar-refractivity contribution in [2.45, 2.75) is 89.7 Å². The van der Waals surface area contributed by atoms with Crippen LogP contribution in [0.1, 0.15) is 94.6 Å². The molecule has 0 bridgehead atoms. The number of aliphatic hydroxyl groups is 2. The number of hydrogen-bond acceptors (Lipinski definition) is 11. The Balaban J connectivity index is 1.26. The van der Waals surface area contributed by atoms with Crippen molar-refractivity contribution in [2.24, 2.45) is 22.9 Å². The summed E-state index contributed by atoms with van der Waals surface area (Å²) in [6.07, 6.45) is 8.69. The van der Waals surface area contributed by atoms with Crippen molar-refractivity contribution in [1.29, 1.82) is 5.26 Å². The average molecular weight is 944 g/mol. The largest absolute Gasteiger partial charge is 0.459 e. The lowest BCUT2D eigenvalue weighted by Gasteiger charge is -2.60. The van der Waals surface area contributed by atoms with Crippen molar-refractivity contribution in [2.75, 3.05) is 26.6 Å². The maximum absolute atomic E-state index is 15.6. The Morgan fingerprint density at radius 3 is 2.36 bits per heavy atom. The van der Waals surface area contributed by atoms with Crippen LogP contribution in [0.5, 0.6) is 28.7 Å². The van der Waals surface area contributed by atoms with Crippen LogP contribution in [-0.2, 0) is 22.7 Å². The molecule has 2 aliphatic heterocycles. The number of nitriles is 1. The number of carbonyl (C=O) groups is 1. The molecule has 1 fully saturated rings. The normalized spacial score (nSPS) is 22.2. The first-order valence-electron chi connectivity index (χ1n) is 24.4. The van der Waals surface area contributed by atoms with Gasteiger partial charge in [-0.15, -0.1) is 6.58 Å². The molecule has 0 spiro atoms. The predicted molar refractivity (Wildman–Crippen MR) is 266 cm³/mol. The van der Waals surface area contributed by atoms with Gasteiger partial charge in [0.25, 0.3) is 5.91 Å². The SMILES string of the molecule is C=CCO[C@@]12Oc3ccc(Oc4ccc(C)c(C)c4)cc3[C@H]3[C@H](CCCCO)[C@@H](CCCCO)C=C(C(=NOCc4ccccc4)C[C@@H]1N(Cc1ccc4c(c1)OCO4)C(=O)c1ccc(C#N)cc1)[C@H]32. The van der Waals surface area contributed by atoms with Crippen LogP contribution < -0.4 is 18.9 Å². The summed E-state index contributed by atoms with van der Waals surface area (Å²) in [5.41, 5.74) is 7.39. The number of hydrogen-bond donors (Lipinski definition) is 2. The number of allylic oxidation sites excluding steroid dienone is 1. The minimum absolute atomic E-state index is 0.00647. The van der Waals surface area contributed by atoms with Gasteiger partial charge in [0.15, 0.2) is 11.5 Å². The predicted octanol–water partition coefficient (Wildman–Crippen LogP) is 10.9. The molecule has 1 saturated carbocycles. The topological polar surface area (TPSA) is 152 Å². The van der Waals surface area contributed by atoms with Crippen molar-refractivity contribution in [3.63, 3.8) is 0 Å². The van der Waals surface area contributed by atoms with Gasteiger partial charge in [-0.3, -0.25) is 4.79 Å². The summed E-state index contributed by atoms with van der Waals surface area (Å²) in [5, 5.41) is 34.9. The van der Waals surface area contributed by atoms with Gasteiger partial charge in [0, 0.05) is 43.2 Å². The molecule has 0 unspecified atom stereocenters. The van der Waals surface area contributed by atoms with Gasteiger partial charge < -0.3 is 43.6 Å². The molecule has 1 amide bonds. The summed E-state index contributed by atoms with van der Waals surface area (Å²) in [5.74, 6) is 0.597. The number of benzene rings is 5. The molecule has 0 aromatic heterocycles. The Morgan fingerprint density at radius 2 is 1.60 bits per heavy atom. The second-order valence-corrected chi connectivity index (χ2v) is 18.7. The summed E-state index contributed by atoms with van der Waals surface area (Å²) in [4.78, 5) is 23.7. The third-order valence-corrected chi connectivity index (χ3v) is 14.3. The average Bonchev–Trinajstić information content (AvgIpc) is 3.86. The van der Waals surface area contributed by atoms with Crippen LogP contribution in [0.2, 0.25) is 0 Å². The van der Waals surface area contributed by atoms with Crippen LogP contribution in [-0.4, -0.2) is 65.2 Å². The van der Waals surface area contributed by atoms with Crippen LogP contribution in [0, 0.1) is 42.9 Å². The number of amides is 1. The zero-order valence-electron chi connectivity index (χ0n) is 39.9. The fourth-order valence-electron chi connectivity index (χ4n) is 10.8. The third kappa shape index (κ3) is 10.1. The number of nitrogens with zero attached hydrogens (tertiary/aromatic N) is 3. The number of rotatable bonds is 20. The van der Waals surface area contributed by atoms with Gasteiger partial charge in [-0.2, -0.15) is 5.26 Å². The molecule has 0 radical (unpaired) electrons. The number of aliphatic hydroxyl groups excluding tert-OH is 2. The molecule has 362 valence electrons. The fourth-order valence-corrected chi connectivity index (χ4v) is 10.8. The van der Waals surface area contributed by atoms with Crippen LogP contribution >= 0.6 is 0 Å². The first-order valence-corrected chi connectivity index (χ1v) is 24.4. The second-order valence-electron chi connectivity index (χ2n) is 18.7. The lowest BCUT2D eigenvalue weighted by atomic mass is 9.55. The second kappa shape index (κ2) is 21.8. The summed E-state index contributed by atoms with van der Waals surface area (Å²) in [7, 11) is 0. The molecule has 9 rings (SSSR count). The Kier molecular flexibility index (Phi) is 15.0. The van der Waals surface area contributed by atoms with E-state index in [1.165, 1.54) is 5.56 Å². The van der Waals surface area contributed by atoms with Crippen LogP contribution in [0.25, 0.3) is 0 Å². The molecular weight excluding hydrogens is 883 g/mol. The first kappa shape index (κ1) is 48.1. The minimum atomic E-state index is -1.52. The van der Waals surface area contributed by atoms with E-state index in [1.807, 2.05) is 77.7 Å². The number of ether oxygens (including phenoxy) is 5. The molecule has 6 atom stereocenters. The smallest absolute Gasteiger partial charge is 0.254 e. The van der Waals surface area contributed by atoms with E-state index in [-0.39, 0.29) is 69.8 Å². The van der Waals surface area contributed by atoms with Gasteiger partial charge >= 0.3 is 0 Å². The highest BCUT2D eigenvalue weighted by Crippen LogP contribution is 2.62. The summed E-state index contributed by atoms with van der Waals surface area (Å²) < 4.78 is 33.0. The van der Waals surface area contributed by atoms with E-state index in [1.54, 1.807) is 30.3 Å². The van der Waals surface area contributed by atoms with E-state index in [9.17, 15) is 15.5 Å². The van der Waals surface area contributed by atoms with Gasteiger partial charge in [-0.25, -0.2) is 0 Å². The summed E-state index contributed by atoms with van der Waals surface area (Å²) in [6, 6.07) is 35.6. The van der Waals surface area contributed by atoms with Gasteiger partial charge in [0.1, 0.15) is 29.9 Å². The van der Waals surface area contributed by atoms with E-state index in [2.05, 4.69) is 44.7 Å². The molecule has 2 N–H and O–H groups in total. The molecular formula is C58H61N3O9. The van der Waals surface area contributed by atoms with E-state index in [4.69, 9.17) is 33.7 Å². The van der Waals surface area contributed by atoms with Gasteiger partial charge in [-0.05, 0) is 146 Å². The number of aryl methyl sites for hydroxylation is 2. The zero-order valence-corrected chi connectivity index (χ0v) is 39.9. The number of unbranched alkanes of at least 4 members (excludes halogenated alkanes) is 2. The van der Waals surface area contributed by atoms with Crippen LogP contribution in [0.3, 0.4) is 0 Å². The van der Waals surface area contributed by atoms with Crippen LogP contribution in [0.4, 0.5) is 0 Å². The summed E-state index contributed by atoms with van der Waals surface area (Å²) in [6.45, 7) is 8.95. The maximum atomic E-state index is 15.6. The molecule has 2 heterocycles. The molecule has 12 heteroatoms. The Hall–Kier alpha value is -6.91. The third-order valence-electron chi connectivity index (χ3n) is 14.3. The van der Waals surface area contributed by atoms with E-state index in [0.717, 1.165) is 59.3 Å². The highest BCUT2D eigenvalue weighted by atomic mass is 16.7. The van der Waals surface area contributed by atoms with Gasteiger partial charge in [0.05, 0.1) is 29.9 Å². The molecule has 5 aromatic rings. The standard InChI is InChI=1S/C58H61N3O9/c1-4-28-67-58-54(61(57(64)43-20-17-40(34-59)18-21-43)35-42-19-24-52-53(30-42)66-37-65-52)33-50(60-68-36-41-12-6-5-7-13-41)48-31-44(14-8-10-26-62)47(15-9-11-27-63)55(56(48)58)49-32-46(23-25-51(49)70-58)69-45-22-16-38(2)39(3)29-45/h4-7,12-13,16-25,29-32,44,47,54-56,62-63H,1,8-11,14-15,26-28,33,35-37H2,2-3H3/t44-,47+,54-,55+,56+,58+/m0/s1. The molecule has 5 aromatic carbocycles. The van der Waals surface area contributed by atoms with Gasteiger partial charge in [-0.1, -0.05) is 72.6 Å². The molecule has 4 aliphatic rings. The highest BCUT2D eigenvalue weighted by molar-refractivity contribution is 6.03. The zero-order chi connectivity index (χ0) is 48.6. The van der Waals surface area contributed by atoms with E-state index < -0.39 is 17.7 Å². The Labute approximate surface area is 410 Å².